The van der Waals surface area contributed by atoms with Gasteiger partial charge >= 0.3 is 5.97 Å². The van der Waals surface area contributed by atoms with Crippen LogP contribution in [0.2, 0.25) is 0 Å². The zero-order chi connectivity index (χ0) is 12.3. The highest BCUT2D eigenvalue weighted by Gasteiger charge is 2.14. The quantitative estimate of drug-likeness (QED) is 0.760. The van der Waals surface area contributed by atoms with Crippen LogP contribution in [0.25, 0.3) is 10.8 Å². The van der Waals surface area contributed by atoms with Gasteiger partial charge in [-0.15, -0.1) is 0 Å². The Morgan fingerprint density at radius 2 is 1.82 bits per heavy atom. The van der Waals surface area contributed by atoms with Gasteiger partial charge in [0.05, 0.1) is 7.11 Å². The Hall–Kier alpha value is -2.03. The van der Waals surface area contributed by atoms with Crippen LogP contribution in [0, 0.1) is 0 Å². The normalized spacial score (nSPS) is 12.1. The van der Waals surface area contributed by atoms with Gasteiger partial charge in [-0.3, -0.25) is 0 Å². The van der Waals surface area contributed by atoms with Crippen LogP contribution < -0.4 is 4.74 Å². The van der Waals surface area contributed by atoms with E-state index in [1.807, 2.05) is 42.5 Å². The highest BCUT2D eigenvalue weighted by Crippen LogP contribution is 2.21. The Morgan fingerprint density at radius 1 is 1.12 bits per heavy atom. The number of rotatable bonds is 3. The molecular weight excluding hydrogens is 216 g/mol. The number of carbonyl (C=O) groups is 1. The van der Waals surface area contributed by atoms with Crippen molar-refractivity contribution in [2.45, 2.75) is 13.0 Å². The van der Waals surface area contributed by atoms with E-state index in [-0.39, 0.29) is 5.97 Å². The SMILES string of the molecule is COC(=O)[C@H](C)Oc1ccc2ccccc2c1. The highest BCUT2D eigenvalue weighted by molar-refractivity contribution is 5.84. The molecule has 3 heteroatoms. The van der Waals surface area contributed by atoms with Crippen LogP contribution in [0.1, 0.15) is 6.92 Å². The van der Waals surface area contributed by atoms with Crippen molar-refractivity contribution in [1.29, 1.82) is 0 Å². The van der Waals surface area contributed by atoms with Crippen LogP contribution in [0.5, 0.6) is 5.75 Å². The number of ether oxygens (including phenoxy) is 2. The first-order valence-electron chi connectivity index (χ1n) is 5.44. The fourth-order valence-electron chi connectivity index (χ4n) is 1.66. The van der Waals surface area contributed by atoms with E-state index >= 15 is 0 Å². The van der Waals surface area contributed by atoms with Crippen molar-refractivity contribution >= 4 is 16.7 Å². The predicted molar refractivity (Wildman–Crippen MR) is 66.1 cm³/mol. The third-order valence-electron chi connectivity index (χ3n) is 2.57. The van der Waals surface area contributed by atoms with E-state index in [0.29, 0.717) is 5.75 Å². The van der Waals surface area contributed by atoms with Crippen molar-refractivity contribution in [1.82, 2.24) is 0 Å². The lowest BCUT2D eigenvalue weighted by molar-refractivity contribution is -0.147. The van der Waals surface area contributed by atoms with Gasteiger partial charge < -0.3 is 9.47 Å². The fourth-order valence-corrected chi connectivity index (χ4v) is 1.66. The minimum atomic E-state index is -0.596. The number of methoxy groups -OCH3 is 1. The van der Waals surface area contributed by atoms with Crippen molar-refractivity contribution in [3.63, 3.8) is 0 Å². The molecule has 17 heavy (non-hydrogen) atoms. The van der Waals surface area contributed by atoms with E-state index in [0.717, 1.165) is 10.8 Å². The third-order valence-corrected chi connectivity index (χ3v) is 2.57. The van der Waals surface area contributed by atoms with Crippen LogP contribution in [-0.4, -0.2) is 19.2 Å². The Balaban J connectivity index is 2.22. The van der Waals surface area contributed by atoms with Gasteiger partial charge in [-0.2, -0.15) is 0 Å². The minimum Gasteiger partial charge on any atom is -0.479 e. The molecule has 0 bridgehead atoms. The average Bonchev–Trinajstić information content (AvgIpc) is 2.37. The van der Waals surface area contributed by atoms with E-state index in [2.05, 4.69) is 4.74 Å². The second kappa shape index (κ2) is 4.87. The lowest BCUT2D eigenvalue weighted by atomic mass is 10.1. The minimum absolute atomic E-state index is 0.377. The zero-order valence-electron chi connectivity index (χ0n) is 9.84. The maximum Gasteiger partial charge on any atom is 0.346 e. The zero-order valence-corrected chi connectivity index (χ0v) is 9.84. The molecule has 0 saturated carbocycles. The standard InChI is InChI=1S/C14H14O3/c1-10(14(15)16-2)17-13-8-7-11-5-3-4-6-12(11)9-13/h3-10H,1-2H3/t10-/m0/s1. The summed E-state index contributed by atoms with van der Waals surface area (Å²) in [5, 5.41) is 2.23. The average molecular weight is 230 g/mol. The van der Waals surface area contributed by atoms with Crippen LogP contribution in [0.4, 0.5) is 0 Å². The molecule has 0 amide bonds. The second-order valence-corrected chi connectivity index (χ2v) is 3.79. The highest BCUT2D eigenvalue weighted by atomic mass is 16.6. The number of benzene rings is 2. The maximum absolute atomic E-state index is 11.2. The van der Waals surface area contributed by atoms with E-state index in [1.165, 1.54) is 7.11 Å². The van der Waals surface area contributed by atoms with Crippen LogP contribution in [0.3, 0.4) is 0 Å². The van der Waals surface area contributed by atoms with Gasteiger partial charge in [-0.25, -0.2) is 4.79 Å². The number of hydrogen-bond acceptors (Lipinski definition) is 3. The molecule has 0 aliphatic carbocycles. The van der Waals surface area contributed by atoms with Crippen LogP contribution in [0.15, 0.2) is 42.5 Å². The Morgan fingerprint density at radius 3 is 2.53 bits per heavy atom. The molecule has 2 aromatic carbocycles. The monoisotopic (exact) mass is 230 g/mol. The van der Waals surface area contributed by atoms with E-state index in [9.17, 15) is 4.79 Å². The fraction of sp³-hybridized carbons (Fsp3) is 0.214. The molecule has 0 fully saturated rings. The Kier molecular flexibility index (Phi) is 3.28. The summed E-state index contributed by atoms with van der Waals surface area (Å²) >= 11 is 0. The third kappa shape index (κ3) is 2.56. The number of esters is 1. The van der Waals surface area contributed by atoms with E-state index < -0.39 is 6.10 Å². The van der Waals surface area contributed by atoms with Gasteiger partial charge in [0.25, 0.3) is 0 Å². The van der Waals surface area contributed by atoms with Crippen LogP contribution >= 0.6 is 0 Å². The summed E-state index contributed by atoms with van der Waals surface area (Å²) < 4.78 is 10.1. The molecule has 2 rings (SSSR count). The smallest absolute Gasteiger partial charge is 0.346 e. The van der Waals surface area contributed by atoms with Crippen molar-refractivity contribution in [2.24, 2.45) is 0 Å². The number of carbonyl (C=O) groups excluding carboxylic acids is 1. The first kappa shape index (κ1) is 11.5. The van der Waals surface area contributed by atoms with Crippen molar-refractivity contribution in [2.75, 3.05) is 7.11 Å². The summed E-state index contributed by atoms with van der Waals surface area (Å²) in [5.74, 6) is 0.291. The first-order valence-corrected chi connectivity index (χ1v) is 5.44. The predicted octanol–water partition coefficient (Wildman–Crippen LogP) is 2.78. The van der Waals surface area contributed by atoms with Gasteiger partial charge in [0.15, 0.2) is 6.10 Å². The lowest BCUT2D eigenvalue weighted by Crippen LogP contribution is -2.24. The van der Waals surface area contributed by atoms with Gasteiger partial charge in [-0.1, -0.05) is 30.3 Å². The molecule has 0 radical (unpaired) electrons. The summed E-state index contributed by atoms with van der Waals surface area (Å²) in [7, 11) is 1.35. The summed E-state index contributed by atoms with van der Waals surface area (Å²) in [4.78, 5) is 11.2. The molecule has 0 unspecified atom stereocenters. The molecule has 0 heterocycles. The van der Waals surface area contributed by atoms with Gasteiger partial charge in [0.2, 0.25) is 0 Å². The Labute approximate surface area is 100.0 Å². The van der Waals surface area contributed by atoms with Crippen molar-refractivity contribution in [3.8, 4) is 5.75 Å². The largest absolute Gasteiger partial charge is 0.479 e. The molecule has 0 N–H and O–H groups in total. The molecule has 88 valence electrons. The maximum atomic E-state index is 11.2. The first-order chi connectivity index (χ1) is 8.20. The molecule has 1 atom stereocenters. The summed E-state index contributed by atoms with van der Waals surface area (Å²) in [5.41, 5.74) is 0. The van der Waals surface area contributed by atoms with E-state index in [1.54, 1.807) is 6.92 Å². The molecule has 3 nitrogen and oxygen atoms in total. The van der Waals surface area contributed by atoms with E-state index in [4.69, 9.17) is 4.74 Å². The van der Waals surface area contributed by atoms with Gasteiger partial charge in [0.1, 0.15) is 5.75 Å². The topological polar surface area (TPSA) is 35.5 Å². The van der Waals surface area contributed by atoms with Gasteiger partial charge in [-0.05, 0) is 29.8 Å². The van der Waals surface area contributed by atoms with Crippen molar-refractivity contribution in [3.05, 3.63) is 42.5 Å². The molecule has 0 spiro atoms. The summed E-state index contributed by atoms with van der Waals surface area (Å²) in [6, 6.07) is 13.7. The molecule has 0 aliphatic rings. The second-order valence-electron chi connectivity index (χ2n) is 3.79. The summed E-state index contributed by atoms with van der Waals surface area (Å²) in [6.07, 6.45) is -0.596. The summed E-state index contributed by atoms with van der Waals surface area (Å²) in [6.45, 7) is 1.67. The number of fused-ring (bicyclic) bond motifs is 1. The molecular formula is C14H14O3. The van der Waals surface area contributed by atoms with Crippen molar-refractivity contribution < 1.29 is 14.3 Å². The number of hydrogen-bond donors (Lipinski definition) is 0. The molecule has 0 aromatic heterocycles. The molecule has 0 saturated heterocycles. The Bertz CT molecular complexity index is 534. The molecule has 2 aromatic rings. The van der Waals surface area contributed by atoms with Gasteiger partial charge in [0, 0.05) is 0 Å². The van der Waals surface area contributed by atoms with Crippen LogP contribution in [-0.2, 0) is 9.53 Å². The lowest BCUT2D eigenvalue weighted by Gasteiger charge is -2.12. The molecule has 0 aliphatic heterocycles.